The van der Waals surface area contributed by atoms with Gasteiger partial charge in [-0.25, -0.2) is 12.8 Å². The number of nitrogens with zero attached hydrogens (tertiary/aromatic N) is 1. The van der Waals surface area contributed by atoms with E-state index in [-0.39, 0.29) is 22.4 Å². The number of methoxy groups -OCH3 is 1. The normalized spacial score (nSPS) is 18.1. The van der Waals surface area contributed by atoms with Crippen LogP contribution in [0, 0.1) is 5.82 Å². The largest absolute Gasteiger partial charge is 0.381 e. The smallest absolute Gasteiger partial charge is 0.246 e. The molecule has 4 nitrogen and oxygen atoms in total. The van der Waals surface area contributed by atoms with Crippen LogP contribution in [0.3, 0.4) is 0 Å². The minimum absolute atomic E-state index is 0.0576. The molecule has 0 amide bonds. The maximum absolute atomic E-state index is 14.3. The third-order valence-corrected chi connectivity index (χ3v) is 6.22. The third kappa shape index (κ3) is 3.59. The van der Waals surface area contributed by atoms with Crippen molar-refractivity contribution in [3.8, 4) is 0 Å². The Morgan fingerprint density at radius 3 is 2.57 bits per heavy atom. The molecule has 1 fully saturated rings. The number of halogens is 3. The lowest BCUT2D eigenvalue weighted by Gasteiger charge is -2.30. The Labute approximate surface area is 137 Å². The molecular weight excluding hydrogens is 385 g/mol. The maximum Gasteiger partial charge on any atom is 0.246 e. The average Bonchev–Trinajstić information content (AvgIpc) is 2.49. The fourth-order valence-electron chi connectivity index (χ4n) is 2.35. The number of rotatable bonds is 4. The molecule has 0 atom stereocenters. The molecule has 0 radical (unpaired) electrons. The van der Waals surface area contributed by atoms with Crippen LogP contribution in [-0.4, -0.2) is 39.0 Å². The first-order valence-electron chi connectivity index (χ1n) is 6.47. The van der Waals surface area contributed by atoms with E-state index in [1.54, 1.807) is 7.11 Å². The van der Waals surface area contributed by atoms with Crippen molar-refractivity contribution in [1.29, 1.82) is 0 Å². The van der Waals surface area contributed by atoms with Crippen molar-refractivity contribution in [2.75, 3.05) is 20.2 Å². The zero-order chi connectivity index (χ0) is 15.6. The van der Waals surface area contributed by atoms with Crippen molar-refractivity contribution in [2.45, 2.75) is 29.7 Å². The number of benzene rings is 1. The molecule has 0 unspecified atom stereocenters. The molecule has 0 aromatic heterocycles. The summed E-state index contributed by atoms with van der Waals surface area (Å²) in [5.41, 5.74) is 0.163. The van der Waals surface area contributed by atoms with E-state index in [9.17, 15) is 12.8 Å². The van der Waals surface area contributed by atoms with Crippen molar-refractivity contribution < 1.29 is 17.5 Å². The summed E-state index contributed by atoms with van der Waals surface area (Å²) in [6.07, 6.45) is 1.27. The van der Waals surface area contributed by atoms with E-state index >= 15 is 0 Å². The number of hydrogen-bond donors (Lipinski definition) is 0. The van der Waals surface area contributed by atoms with Crippen LogP contribution in [0.1, 0.15) is 18.4 Å². The molecule has 2 rings (SSSR count). The Hall–Kier alpha value is -0.210. The van der Waals surface area contributed by atoms with Gasteiger partial charge in [0.15, 0.2) is 0 Å². The van der Waals surface area contributed by atoms with Gasteiger partial charge in [0.05, 0.1) is 12.0 Å². The molecule has 0 aliphatic carbocycles. The van der Waals surface area contributed by atoms with Gasteiger partial charge in [0, 0.05) is 30.2 Å². The minimum atomic E-state index is -3.87. The molecule has 1 aromatic rings. The highest BCUT2D eigenvalue weighted by molar-refractivity contribution is 9.10. The van der Waals surface area contributed by atoms with Crippen LogP contribution < -0.4 is 0 Å². The second-order valence-corrected chi connectivity index (χ2v) is 7.94. The van der Waals surface area contributed by atoms with Gasteiger partial charge in [0.1, 0.15) is 10.7 Å². The standard InChI is InChI=1S/C13H16BrClFNO3S/c1-20-11-2-4-17(5-3-11)21(18,19)12-7-10(14)6-9(8-15)13(12)16/h6-7,11H,2-5,8H2,1H3. The quantitative estimate of drug-likeness (QED) is 0.730. The fourth-order valence-corrected chi connectivity index (χ4v) is 4.80. The van der Waals surface area contributed by atoms with Gasteiger partial charge < -0.3 is 4.74 Å². The van der Waals surface area contributed by atoms with E-state index < -0.39 is 15.8 Å². The summed E-state index contributed by atoms with van der Waals surface area (Å²) in [6.45, 7) is 0.645. The second kappa shape index (κ2) is 6.91. The molecule has 1 saturated heterocycles. The topological polar surface area (TPSA) is 46.6 Å². The zero-order valence-corrected chi connectivity index (χ0v) is 14.6. The fraction of sp³-hybridized carbons (Fsp3) is 0.538. The van der Waals surface area contributed by atoms with Crippen LogP contribution >= 0.6 is 27.5 Å². The predicted octanol–water partition coefficient (Wildman–Crippen LogP) is 3.13. The van der Waals surface area contributed by atoms with E-state index in [1.165, 1.54) is 16.4 Å². The third-order valence-electron chi connectivity index (χ3n) is 3.58. The number of ether oxygens (including phenoxy) is 1. The van der Waals surface area contributed by atoms with Crippen LogP contribution in [-0.2, 0) is 20.6 Å². The van der Waals surface area contributed by atoms with Crippen molar-refractivity contribution in [3.63, 3.8) is 0 Å². The molecule has 0 bridgehead atoms. The molecular formula is C13H16BrClFNO3S. The molecule has 118 valence electrons. The van der Waals surface area contributed by atoms with Gasteiger partial charge in [0.25, 0.3) is 0 Å². The molecule has 21 heavy (non-hydrogen) atoms. The van der Waals surface area contributed by atoms with Gasteiger partial charge >= 0.3 is 0 Å². The van der Waals surface area contributed by atoms with E-state index in [2.05, 4.69) is 15.9 Å². The maximum atomic E-state index is 14.3. The second-order valence-electron chi connectivity index (χ2n) is 4.85. The number of sulfonamides is 1. The molecule has 0 saturated carbocycles. The van der Waals surface area contributed by atoms with Crippen molar-refractivity contribution >= 4 is 37.6 Å². The van der Waals surface area contributed by atoms with E-state index in [0.29, 0.717) is 30.4 Å². The first-order valence-corrected chi connectivity index (χ1v) is 9.23. The number of alkyl halides is 1. The predicted molar refractivity (Wildman–Crippen MR) is 82.4 cm³/mol. The van der Waals surface area contributed by atoms with Crippen LogP contribution in [0.15, 0.2) is 21.5 Å². The molecule has 0 N–H and O–H groups in total. The summed E-state index contributed by atoms with van der Waals surface area (Å²) in [7, 11) is -2.26. The monoisotopic (exact) mass is 399 g/mol. The molecule has 0 spiro atoms. The average molecular weight is 401 g/mol. The highest BCUT2D eigenvalue weighted by atomic mass is 79.9. The van der Waals surface area contributed by atoms with E-state index in [1.807, 2.05) is 0 Å². The van der Waals surface area contributed by atoms with Crippen LogP contribution in [0.2, 0.25) is 0 Å². The summed E-state index contributed by atoms with van der Waals surface area (Å²) >= 11 is 8.86. The van der Waals surface area contributed by atoms with Gasteiger partial charge in [0.2, 0.25) is 10.0 Å². The first kappa shape index (κ1) is 17.1. The summed E-state index contributed by atoms with van der Waals surface area (Å²) in [6, 6.07) is 2.77. The first-order chi connectivity index (χ1) is 9.90. The Bertz CT molecular complexity index is 618. The van der Waals surface area contributed by atoms with Crippen molar-refractivity contribution in [1.82, 2.24) is 4.31 Å². The Kier molecular flexibility index (Phi) is 5.65. The Morgan fingerprint density at radius 1 is 1.43 bits per heavy atom. The van der Waals surface area contributed by atoms with Gasteiger partial charge in [-0.05, 0) is 25.0 Å². The lowest BCUT2D eigenvalue weighted by atomic mass is 10.1. The SMILES string of the molecule is COC1CCN(S(=O)(=O)c2cc(Br)cc(CCl)c2F)CC1. The summed E-state index contributed by atoms with van der Waals surface area (Å²) < 4.78 is 46.5. The van der Waals surface area contributed by atoms with Crippen molar-refractivity contribution in [2.24, 2.45) is 0 Å². The highest BCUT2D eigenvalue weighted by Gasteiger charge is 2.32. The molecule has 1 aliphatic heterocycles. The highest BCUT2D eigenvalue weighted by Crippen LogP contribution is 2.29. The van der Waals surface area contributed by atoms with Crippen LogP contribution in [0.4, 0.5) is 4.39 Å². The van der Waals surface area contributed by atoms with E-state index in [4.69, 9.17) is 16.3 Å². The zero-order valence-electron chi connectivity index (χ0n) is 11.5. The molecule has 1 aromatic carbocycles. The van der Waals surface area contributed by atoms with Gasteiger partial charge in [-0.15, -0.1) is 11.6 Å². The summed E-state index contributed by atoms with van der Waals surface area (Å²) in [5.74, 6) is -0.860. The summed E-state index contributed by atoms with van der Waals surface area (Å²) in [4.78, 5) is -0.330. The van der Waals surface area contributed by atoms with Crippen LogP contribution in [0.25, 0.3) is 0 Å². The van der Waals surface area contributed by atoms with Gasteiger partial charge in [-0.3, -0.25) is 0 Å². The molecule has 1 heterocycles. The lowest BCUT2D eigenvalue weighted by molar-refractivity contribution is 0.0604. The number of hydrogen-bond acceptors (Lipinski definition) is 3. The lowest BCUT2D eigenvalue weighted by Crippen LogP contribution is -2.40. The molecule has 8 heteroatoms. The minimum Gasteiger partial charge on any atom is -0.381 e. The van der Waals surface area contributed by atoms with Gasteiger partial charge in [-0.1, -0.05) is 15.9 Å². The Morgan fingerprint density at radius 2 is 2.05 bits per heavy atom. The Balaban J connectivity index is 2.34. The van der Waals surface area contributed by atoms with Crippen molar-refractivity contribution in [3.05, 3.63) is 28.0 Å². The van der Waals surface area contributed by atoms with E-state index in [0.717, 1.165) is 0 Å². The number of piperidine rings is 1. The summed E-state index contributed by atoms with van der Waals surface area (Å²) in [5, 5.41) is 0. The van der Waals surface area contributed by atoms with Crippen LogP contribution in [0.5, 0.6) is 0 Å². The molecule has 1 aliphatic rings. The van der Waals surface area contributed by atoms with Gasteiger partial charge in [-0.2, -0.15) is 4.31 Å².